The zero-order valence-corrected chi connectivity index (χ0v) is 9.18. The molecule has 1 aromatic rings. The molecule has 0 saturated carbocycles. The zero-order valence-electron chi connectivity index (χ0n) is 9.18. The Morgan fingerprint density at radius 2 is 1.87 bits per heavy atom. The molecule has 1 unspecified atom stereocenters. The summed E-state index contributed by atoms with van der Waals surface area (Å²) < 4.78 is 0. The lowest BCUT2D eigenvalue weighted by atomic mass is 10.2. The van der Waals surface area contributed by atoms with Gasteiger partial charge in [0, 0.05) is 5.56 Å². The molecule has 1 rings (SSSR count). The fourth-order valence-corrected chi connectivity index (χ4v) is 0.802. The number of rotatable bonds is 3. The Labute approximate surface area is 90.4 Å². The van der Waals surface area contributed by atoms with Crippen LogP contribution in [-0.4, -0.2) is 28.7 Å². The number of ketones is 1. The minimum Gasteiger partial charge on any atom is -0.394 e. The maximum atomic E-state index is 10.6. The molecule has 0 aliphatic rings. The third-order valence-corrected chi connectivity index (χ3v) is 1.86. The molecular formula is C12H18O3. The first-order valence-electron chi connectivity index (χ1n) is 4.96. The number of carbonyl (C=O) groups excluding carboxylic acids is 1. The Morgan fingerprint density at radius 1 is 1.33 bits per heavy atom. The third-order valence-electron chi connectivity index (χ3n) is 1.86. The van der Waals surface area contributed by atoms with Gasteiger partial charge in [0.05, 0.1) is 12.7 Å². The van der Waals surface area contributed by atoms with Crippen molar-refractivity contribution in [3.05, 3.63) is 35.9 Å². The normalized spacial score (nSPS) is 11.2. The summed E-state index contributed by atoms with van der Waals surface area (Å²) in [6.07, 6.45) is 0.126. The summed E-state index contributed by atoms with van der Waals surface area (Å²) in [4.78, 5) is 10.6. The Kier molecular flexibility index (Phi) is 7.50. The molecule has 0 aromatic heterocycles. The first-order valence-corrected chi connectivity index (χ1v) is 4.96. The van der Waals surface area contributed by atoms with E-state index in [-0.39, 0.29) is 12.4 Å². The van der Waals surface area contributed by atoms with Gasteiger partial charge in [-0.1, -0.05) is 37.3 Å². The molecule has 84 valence electrons. The van der Waals surface area contributed by atoms with Crippen LogP contribution < -0.4 is 0 Å². The van der Waals surface area contributed by atoms with Gasteiger partial charge >= 0.3 is 0 Å². The number of hydrogen-bond acceptors (Lipinski definition) is 3. The van der Waals surface area contributed by atoms with Crippen LogP contribution in [0.15, 0.2) is 30.3 Å². The molecule has 3 heteroatoms. The fourth-order valence-electron chi connectivity index (χ4n) is 0.802. The molecule has 0 spiro atoms. The van der Waals surface area contributed by atoms with Crippen LogP contribution in [0, 0.1) is 0 Å². The summed E-state index contributed by atoms with van der Waals surface area (Å²) in [5.74, 6) is 0.121. The highest BCUT2D eigenvalue weighted by Crippen LogP contribution is 1.97. The van der Waals surface area contributed by atoms with E-state index in [2.05, 4.69) is 0 Å². The Morgan fingerprint density at radius 3 is 2.07 bits per heavy atom. The van der Waals surface area contributed by atoms with E-state index in [1.54, 1.807) is 6.92 Å². The summed E-state index contributed by atoms with van der Waals surface area (Å²) in [5, 5.41) is 16.5. The maximum Gasteiger partial charge on any atom is 0.159 e. The van der Waals surface area contributed by atoms with Crippen molar-refractivity contribution in [1.82, 2.24) is 0 Å². The largest absolute Gasteiger partial charge is 0.394 e. The number of aliphatic hydroxyl groups is 2. The molecular weight excluding hydrogens is 192 g/mol. The Bertz CT molecular complexity index is 265. The molecule has 0 radical (unpaired) electrons. The quantitative estimate of drug-likeness (QED) is 0.746. The van der Waals surface area contributed by atoms with Gasteiger partial charge in [0.15, 0.2) is 5.78 Å². The summed E-state index contributed by atoms with van der Waals surface area (Å²) in [6, 6.07) is 9.23. The van der Waals surface area contributed by atoms with Crippen LogP contribution in [-0.2, 0) is 0 Å². The lowest BCUT2D eigenvalue weighted by molar-refractivity contribution is 0.0923. The van der Waals surface area contributed by atoms with Crippen molar-refractivity contribution in [2.24, 2.45) is 0 Å². The molecule has 1 aromatic carbocycles. The smallest absolute Gasteiger partial charge is 0.159 e. The van der Waals surface area contributed by atoms with E-state index in [0.29, 0.717) is 6.42 Å². The monoisotopic (exact) mass is 210 g/mol. The number of aliphatic hydroxyl groups excluding tert-OH is 2. The predicted molar refractivity (Wildman–Crippen MR) is 59.8 cm³/mol. The van der Waals surface area contributed by atoms with Crippen LogP contribution in [0.5, 0.6) is 0 Å². The van der Waals surface area contributed by atoms with Gasteiger partial charge < -0.3 is 10.2 Å². The number of Topliss-reactive ketones (excluding diaryl/α,β-unsaturated/α-hetero) is 1. The van der Waals surface area contributed by atoms with E-state index in [9.17, 15) is 4.79 Å². The average molecular weight is 210 g/mol. The van der Waals surface area contributed by atoms with Gasteiger partial charge in [0.2, 0.25) is 0 Å². The highest BCUT2D eigenvalue weighted by Gasteiger charge is 1.93. The average Bonchev–Trinajstić information content (AvgIpc) is 2.30. The number of benzene rings is 1. The number of hydrogen-bond donors (Lipinski definition) is 2. The predicted octanol–water partition coefficient (Wildman–Crippen LogP) is 1.64. The molecule has 0 saturated heterocycles. The molecule has 0 amide bonds. The van der Waals surface area contributed by atoms with E-state index < -0.39 is 6.10 Å². The van der Waals surface area contributed by atoms with Crippen LogP contribution >= 0.6 is 0 Å². The molecule has 1 atom stereocenters. The lowest BCUT2D eigenvalue weighted by Crippen LogP contribution is -2.08. The van der Waals surface area contributed by atoms with Crippen LogP contribution in [0.1, 0.15) is 30.6 Å². The van der Waals surface area contributed by atoms with Crippen molar-refractivity contribution in [3.8, 4) is 0 Å². The van der Waals surface area contributed by atoms with Crippen LogP contribution in [0.3, 0.4) is 0 Å². The van der Waals surface area contributed by atoms with Crippen molar-refractivity contribution < 1.29 is 15.0 Å². The van der Waals surface area contributed by atoms with E-state index in [0.717, 1.165) is 5.56 Å². The summed E-state index contributed by atoms with van der Waals surface area (Å²) in [6.45, 7) is 3.27. The first-order chi connectivity index (χ1) is 7.11. The van der Waals surface area contributed by atoms with Gasteiger partial charge in [-0.3, -0.25) is 4.79 Å². The molecule has 15 heavy (non-hydrogen) atoms. The van der Waals surface area contributed by atoms with Crippen molar-refractivity contribution in [2.45, 2.75) is 26.4 Å². The zero-order chi connectivity index (χ0) is 11.7. The molecule has 0 bridgehead atoms. The molecule has 0 fully saturated rings. The van der Waals surface area contributed by atoms with Gasteiger partial charge in [0.25, 0.3) is 0 Å². The highest BCUT2D eigenvalue weighted by molar-refractivity contribution is 5.93. The second-order valence-electron chi connectivity index (χ2n) is 3.17. The van der Waals surface area contributed by atoms with E-state index in [1.165, 1.54) is 0 Å². The molecule has 3 nitrogen and oxygen atoms in total. The number of carbonyl (C=O) groups is 1. The van der Waals surface area contributed by atoms with Gasteiger partial charge in [-0.05, 0) is 13.3 Å². The second-order valence-corrected chi connectivity index (χ2v) is 3.17. The summed E-state index contributed by atoms with van der Waals surface area (Å²) >= 11 is 0. The lowest BCUT2D eigenvalue weighted by Gasteiger charge is -1.97. The molecule has 0 aliphatic carbocycles. The van der Waals surface area contributed by atoms with Gasteiger partial charge in [-0.2, -0.15) is 0 Å². The topological polar surface area (TPSA) is 57.5 Å². The maximum absolute atomic E-state index is 10.6. The molecule has 0 aliphatic heterocycles. The van der Waals surface area contributed by atoms with Crippen LogP contribution in [0.25, 0.3) is 0 Å². The molecule has 0 heterocycles. The van der Waals surface area contributed by atoms with Crippen molar-refractivity contribution in [3.63, 3.8) is 0 Å². The summed E-state index contributed by atoms with van der Waals surface area (Å²) in [7, 11) is 0. The minimum atomic E-state index is -0.509. The first kappa shape index (κ1) is 13.8. The Hall–Kier alpha value is -1.19. The van der Waals surface area contributed by atoms with Gasteiger partial charge in [-0.15, -0.1) is 0 Å². The third kappa shape index (κ3) is 6.82. The van der Waals surface area contributed by atoms with E-state index >= 15 is 0 Å². The van der Waals surface area contributed by atoms with Gasteiger partial charge in [-0.25, -0.2) is 0 Å². The van der Waals surface area contributed by atoms with Crippen molar-refractivity contribution >= 4 is 5.78 Å². The van der Waals surface area contributed by atoms with E-state index in [4.69, 9.17) is 10.2 Å². The van der Waals surface area contributed by atoms with E-state index in [1.807, 2.05) is 37.3 Å². The van der Waals surface area contributed by atoms with Crippen LogP contribution in [0.4, 0.5) is 0 Å². The standard InChI is InChI=1S/C8H8O.C4H10O2/c1-7(9)8-5-3-2-4-6-8;1-2-4(6)3-5/h2-6H,1H3;4-6H,2-3H2,1H3. The highest BCUT2D eigenvalue weighted by atomic mass is 16.3. The van der Waals surface area contributed by atoms with Gasteiger partial charge in [0.1, 0.15) is 0 Å². The van der Waals surface area contributed by atoms with Crippen molar-refractivity contribution in [2.75, 3.05) is 6.61 Å². The fraction of sp³-hybridized carbons (Fsp3) is 0.417. The van der Waals surface area contributed by atoms with Crippen molar-refractivity contribution in [1.29, 1.82) is 0 Å². The summed E-state index contributed by atoms with van der Waals surface area (Å²) in [5.41, 5.74) is 0.775. The second kappa shape index (κ2) is 8.15. The SMILES string of the molecule is CC(=O)c1ccccc1.CCC(O)CO. The minimum absolute atomic E-state index is 0.115. The molecule has 2 N–H and O–H groups in total. The van der Waals surface area contributed by atoms with Crippen LogP contribution in [0.2, 0.25) is 0 Å². The Balaban J connectivity index is 0.000000288.